The van der Waals surface area contributed by atoms with Crippen LogP contribution in [0.2, 0.25) is 0 Å². The van der Waals surface area contributed by atoms with E-state index in [0.717, 1.165) is 44.9 Å². The van der Waals surface area contributed by atoms with Gasteiger partial charge in [0.15, 0.2) is 0 Å². The molecule has 9 unspecified atom stereocenters. The Labute approximate surface area is 210 Å². The minimum Gasteiger partial charge on any atom is -0.432 e. The van der Waals surface area contributed by atoms with Crippen molar-refractivity contribution >= 4 is 40.7 Å². The summed E-state index contributed by atoms with van der Waals surface area (Å²) in [5.74, 6) is 1.13. The second-order valence-electron chi connectivity index (χ2n) is 10.4. The maximum absolute atomic E-state index is 13.9. The van der Waals surface area contributed by atoms with E-state index in [1.807, 2.05) is 0 Å². The minimum atomic E-state index is -0.816. The van der Waals surface area contributed by atoms with Crippen LogP contribution in [0.1, 0.15) is 57.8 Å². The van der Waals surface area contributed by atoms with E-state index in [9.17, 15) is 9.18 Å². The van der Waals surface area contributed by atoms with Crippen LogP contribution in [-0.2, 0) is 11.3 Å². The molecule has 1 aromatic heterocycles. The number of aromatic nitrogens is 1. The van der Waals surface area contributed by atoms with Crippen LogP contribution >= 0.6 is 34.8 Å². The smallest absolute Gasteiger partial charge is 0.293 e. The Bertz CT molecular complexity index is 849. The predicted molar refractivity (Wildman–Crippen MR) is 128 cm³/mol. The number of rotatable bonds is 6. The fourth-order valence-corrected chi connectivity index (χ4v) is 7.41. The van der Waals surface area contributed by atoms with Crippen molar-refractivity contribution in [3.8, 4) is 0 Å². The Morgan fingerprint density at radius 3 is 2.55 bits per heavy atom. The highest BCUT2D eigenvalue weighted by atomic mass is 35.5. The average molecular weight is 523 g/mol. The van der Waals surface area contributed by atoms with Gasteiger partial charge in [-0.25, -0.2) is 4.39 Å². The van der Waals surface area contributed by atoms with Gasteiger partial charge in [0, 0.05) is 36.0 Å². The molecule has 0 radical (unpaired) electrons. The maximum Gasteiger partial charge on any atom is 0.293 e. The molecular formula is C24H35Cl3FN3O2. The SMILES string of the molecule is N=c1occn1CC1CC(C(=O)NCC2CCC(Cl)C(Cl)C2)CC(C2CCC(F)CC2Cl)C1. The van der Waals surface area contributed by atoms with Gasteiger partial charge in [-0.3, -0.25) is 14.8 Å². The second-order valence-corrected chi connectivity index (χ2v) is 12.1. The quantitative estimate of drug-likeness (QED) is 0.486. The number of carbonyl (C=O) groups excluding carboxylic acids is 1. The predicted octanol–water partition coefficient (Wildman–Crippen LogP) is 5.47. The second kappa shape index (κ2) is 11.3. The number of carbonyl (C=O) groups is 1. The van der Waals surface area contributed by atoms with Gasteiger partial charge in [0.1, 0.15) is 12.4 Å². The van der Waals surface area contributed by atoms with Crippen LogP contribution in [0.4, 0.5) is 4.39 Å². The molecule has 9 heteroatoms. The molecule has 0 bridgehead atoms. The first kappa shape index (κ1) is 25.4. The molecule has 3 fully saturated rings. The van der Waals surface area contributed by atoms with Crippen molar-refractivity contribution in [2.24, 2.45) is 29.6 Å². The Morgan fingerprint density at radius 2 is 1.85 bits per heavy atom. The number of oxazole rings is 1. The summed E-state index contributed by atoms with van der Waals surface area (Å²) in [5.41, 5.74) is 0.122. The van der Waals surface area contributed by atoms with Crippen molar-refractivity contribution < 1.29 is 13.6 Å². The summed E-state index contributed by atoms with van der Waals surface area (Å²) in [7, 11) is 0. The lowest BCUT2D eigenvalue weighted by Crippen LogP contribution is -2.43. The zero-order chi connectivity index (χ0) is 23.5. The van der Waals surface area contributed by atoms with Gasteiger partial charge < -0.3 is 9.73 Å². The van der Waals surface area contributed by atoms with E-state index in [0.29, 0.717) is 31.8 Å². The summed E-state index contributed by atoms with van der Waals surface area (Å²) >= 11 is 19.2. The zero-order valence-electron chi connectivity index (χ0n) is 18.9. The monoisotopic (exact) mass is 521 g/mol. The van der Waals surface area contributed by atoms with Crippen LogP contribution < -0.4 is 11.0 Å². The molecule has 3 saturated carbocycles. The van der Waals surface area contributed by atoms with Crippen molar-refractivity contribution in [3.63, 3.8) is 0 Å². The van der Waals surface area contributed by atoms with Crippen molar-refractivity contribution in [1.29, 1.82) is 5.41 Å². The average Bonchev–Trinajstić information content (AvgIpc) is 3.18. The lowest BCUT2D eigenvalue weighted by molar-refractivity contribution is -0.128. The highest BCUT2D eigenvalue weighted by Crippen LogP contribution is 2.45. The van der Waals surface area contributed by atoms with Crippen LogP contribution in [-0.4, -0.2) is 39.3 Å². The Morgan fingerprint density at radius 1 is 1.03 bits per heavy atom. The van der Waals surface area contributed by atoms with Gasteiger partial charge in [-0.1, -0.05) is 0 Å². The lowest BCUT2D eigenvalue weighted by Gasteiger charge is -2.42. The molecule has 1 heterocycles. The Hall–Kier alpha value is -0.720. The van der Waals surface area contributed by atoms with E-state index in [2.05, 4.69) is 5.32 Å². The van der Waals surface area contributed by atoms with Crippen molar-refractivity contribution in [2.75, 3.05) is 6.54 Å². The highest BCUT2D eigenvalue weighted by Gasteiger charge is 2.41. The molecule has 2 N–H and O–H groups in total. The molecule has 4 rings (SSSR count). The number of alkyl halides is 4. The minimum absolute atomic E-state index is 0.0173. The van der Waals surface area contributed by atoms with Gasteiger partial charge in [0.2, 0.25) is 5.91 Å². The first-order chi connectivity index (χ1) is 15.8. The molecule has 9 atom stereocenters. The number of halogens is 4. The van der Waals surface area contributed by atoms with Gasteiger partial charge in [-0.05, 0) is 81.5 Å². The third-order valence-electron chi connectivity index (χ3n) is 8.08. The summed E-state index contributed by atoms with van der Waals surface area (Å²) in [6.45, 7) is 1.28. The standard InChI is InChI=1S/C24H35Cl3FN3O2/c25-20-4-1-14(9-22(20)27)12-30-23(32)17-8-15(13-31-5-6-33-24(31)29)7-16(10-17)19-3-2-18(28)11-21(19)26/h5-6,14-22,29H,1-4,7-13H2,(H,30,32). The first-order valence-electron chi connectivity index (χ1n) is 12.3. The number of nitrogens with one attached hydrogen (secondary N) is 2. The number of nitrogens with zero attached hydrogens (tertiary/aromatic N) is 1. The molecule has 33 heavy (non-hydrogen) atoms. The van der Waals surface area contributed by atoms with Gasteiger partial charge in [0.25, 0.3) is 5.68 Å². The summed E-state index contributed by atoms with van der Waals surface area (Å²) in [6.07, 6.45) is 9.43. The molecule has 0 spiro atoms. The molecule has 0 aliphatic heterocycles. The van der Waals surface area contributed by atoms with Crippen LogP contribution in [0.25, 0.3) is 0 Å². The fourth-order valence-electron chi connectivity index (χ4n) is 6.28. The van der Waals surface area contributed by atoms with Crippen molar-refractivity contribution in [3.05, 3.63) is 18.1 Å². The molecule has 3 aliphatic carbocycles. The summed E-state index contributed by atoms with van der Waals surface area (Å²) < 4.78 is 20.8. The summed E-state index contributed by atoms with van der Waals surface area (Å²) in [6, 6.07) is 0. The van der Waals surface area contributed by atoms with Crippen LogP contribution in [0.5, 0.6) is 0 Å². The summed E-state index contributed by atoms with van der Waals surface area (Å²) in [5, 5.41) is 10.9. The maximum atomic E-state index is 13.9. The third kappa shape index (κ3) is 6.49. The van der Waals surface area contributed by atoms with Gasteiger partial charge in [-0.2, -0.15) is 0 Å². The zero-order valence-corrected chi connectivity index (χ0v) is 21.2. The molecule has 5 nitrogen and oxygen atoms in total. The van der Waals surface area contributed by atoms with Gasteiger partial charge >= 0.3 is 0 Å². The largest absolute Gasteiger partial charge is 0.432 e. The molecule has 1 amide bonds. The molecule has 0 aromatic carbocycles. The van der Waals surface area contributed by atoms with E-state index in [1.54, 1.807) is 10.8 Å². The first-order valence-corrected chi connectivity index (χ1v) is 13.6. The highest BCUT2D eigenvalue weighted by molar-refractivity contribution is 6.30. The number of hydrogen-bond donors (Lipinski definition) is 2. The van der Waals surface area contributed by atoms with Crippen molar-refractivity contribution in [1.82, 2.24) is 9.88 Å². The van der Waals surface area contributed by atoms with Crippen LogP contribution in [0.15, 0.2) is 16.9 Å². The Kier molecular flexibility index (Phi) is 8.72. The van der Waals surface area contributed by atoms with E-state index in [4.69, 9.17) is 44.6 Å². The van der Waals surface area contributed by atoms with Gasteiger partial charge in [0.05, 0.1) is 5.38 Å². The molecular weight excluding hydrogens is 488 g/mol. The number of amides is 1. The van der Waals surface area contributed by atoms with Gasteiger partial charge in [-0.15, -0.1) is 34.8 Å². The van der Waals surface area contributed by atoms with Crippen molar-refractivity contribution in [2.45, 2.75) is 86.6 Å². The van der Waals surface area contributed by atoms with E-state index >= 15 is 0 Å². The third-order valence-corrected chi connectivity index (χ3v) is 9.71. The molecule has 0 saturated heterocycles. The van der Waals surface area contributed by atoms with Crippen LogP contribution in [0, 0.1) is 35.0 Å². The lowest BCUT2D eigenvalue weighted by atomic mass is 9.66. The normalized spacial score (nSPS) is 39.8. The number of hydrogen-bond acceptors (Lipinski definition) is 3. The van der Waals surface area contributed by atoms with E-state index in [-0.39, 0.29) is 51.4 Å². The molecule has 3 aliphatic rings. The topological polar surface area (TPSA) is 71.0 Å². The summed E-state index contributed by atoms with van der Waals surface area (Å²) in [4.78, 5) is 13.2. The van der Waals surface area contributed by atoms with Crippen LogP contribution in [0.3, 0.4) is 0 Å². The van der Waals surface area contributed by atoms with E-state index < -0.39 is 6.17 Å². The Balaban J connectivity index is 1.40. The molecule has 1 aromatic rings. The van der Waals surface area contributed by atoms with E-state index in [1.165, 1.54) is 6.26 Å². The fraction of sp³-hybridized carbons (Fsp3) is 0.833. The molecule has 186 valence electrons.